The third-order valence-electron chi connectivity index (χ3n) is 2.12. The normalized spacial score (nSPS) is 10.6. The number of hydrogen-bond donors (Lipinski definition) is 2. The zero-order valence-electron chi connectivity index (χ0n) is 12.0. The van der Waals surface area contributed by atoms with E-state index in [1.54, 1.807) is 24.3 Å². The Morgan fingerprint density at radius 2 is 1.77 bits per heavy atom. The molecular weight excluding hydrogens is 312 g/mol. The summed E-state index contributed by atoms with van der Waals surface area (Å²) in [6.45, 7) is 1.90. The van der Waals surface area contributed by atoms with E-state index in [-0.39, 0.29) is 17.7 Å². The number of carboxylic acid groups (broad SMARTS) is 1. The van der Waals surface area contributed by atoms with Gasteiger partial charge in [-0.25, -0.2) is 0 Å². The van der Waals surface area contributed by atoms with Gasteiger partial charge in [-0.3, -0.25) is 14.1 Å². The highest BCUT2D eigenvalue weighted by atomic mass is 32.2. The number of allylic oxidation sites excluding steroid dienone is 1. The summed E-state index contributed by atoms with van der Waals surface area (Å²) in [4.78, 5) is 20.6. The second-order valence-corrected chi connectivity index (χ2v) is 5.37. The van der Waals surface area contributed by atoms with Crippen LogP contribution in [-0.4, -0.2) is 30.0 Å². The average Bonchev–Trinajstić information content (AvgIpc) is 2.46. The number of carbonyl (C=O) groups is 2. The summed E-state index contributed by atoms with van der Waals surface area (Å²) in [6, 6.07) is 7.42. The lowest BCUT2D eigenvalue weighted by Gasteiger charge is -1.95. The maximum absolute atomic E-state index is 10.7. The van der Waals surface area contributed by atoms with Crippen LogP contribution in [-0.2, 0) is 24.4 Å². The van der Waals surface area contributed by atoms with Gasteiger partial charge in [0.25, 0.3) is 10.1 Å². The van der Waals surface area contributed by atoms with Crippen molar-refractivity contribution in [1.82, 2.24) is 0 Å². The van der Waals surface area contributed by atoms with Gasteiger partial charge in [-0.15, -0.1) is 0 Å². The molecule has 0 aliphatic heterocycles. The Kier molecular flexibility index (Phi) is 9.48. The van der Waals surface area contributed by atoms with Gasteiger partial charge in [0.1, 0.15) is 0 Å². The van der Waals surface area contributed by atoms with Crippen LogP contribution >= 0.6 is 0 Å². The first-order valence-electron chi connectivity index (χ1n) is 6.36. The largest absolute Gasteiger partial charge is 0.481 e. The Labute approximate surface area is 129 Å². The molecule has 0 aliphatic carbocycles. The SMILES string of the molecule is CCC=COC(=O)CCC(=O)O.O=S(=O)(O)c1ccccc1. The van der Waals surface area contributed by atoms with Crippen LogP contribution in [0.15, 0.2) is 47.6 Å². The summed E-state index contributed by atoms with van der Waals surface area (Å²) in [5, 5.41) is 8.21. The fourth-order valence-electron chi connectivity index (χ4n) is 1.08. The van der Waals surface area contributed by atoms with Crippen molar-refractivity contribution in [3.63, 3.8) is 0 Å². The van der Waals surface area contributed by atoms with Gasteiger partial charge in [-0.1, -0.05) is 25.1 Å². The first-order chi connectivity index (χ1) is 10.3. The van der Waals surface area contributed by atoms with Crippen molar-refractivity contribution in [3.05, 3.63) is 42.7 Å². The lowest BCUT2D eigenvalue weighted by molar-refractivity contribution is -0.144. The number of benzene rings is 1. The predicted molar refractivity (Wildman–Crippen MR) is 78.6 cm³/mol. The van der Waals surface area contributed by atoms with Crippen LogP contribution < -0.4 is 0 Å². The van der Waals surface area contributed by atoms with Crippen molar-refractivity contribution in [2.75, 3.05) is 0 Å². The van der Waals surface area contributed by atoms with Gasteiger partial charge in [-0.2, -0.15) is 8.42 Å². The maximum Gasteiger partial charge on any atom is 0.311 e. The van der Waals surface area contributed by atoms with Crippen molar-refractivity contribution in [3.8, 4) is 0 Å². The summed E-state index contributed by atoms with van der Waals surface area (Å²) in [5.41, 5.74) is 0. The highest BCUT2D eigenvalue weighted by Crippen LogP contribution is 2.05. The van der Waals surface area contributed by atoms with Crippen LogP contribution in [0.1, 0.15) is 26.2 Å². The Bertz CT molecular complexity index is 591. The maximum atomic E-state index is 10.7. The molecule has 0 amide bonds. The van der Waals surface area contributed by atoms with E-state index in [9.17, 15) is 18.0 Å². The van der Waals surface area contributed by atoms with Crippen LogP contribution in [0.5, 0.6) is 0 Å². The topological polar surface area (TPSA) is 118 Å². The lowest BCUT2D eigenvalue weighted by Crippen LogP contribution is -2.03. The molecule has 0 saturated carbocycles. The molecule has 22 heavy (non-hydrogen) atoms. The highest BCUT2D eigenvalue weighted by Gasteiger charge is 2.05. The molecule has 0 atom stereocenters. The number of hydrogen-bond acceptors (Lipinski definition) is 5. The highest BCUT2D eigenvalue weighted by molar-refractivity contribution is 7.85. The summed E-state index contributed by atoms with van der Waals surface area (Å²) >= 11 is 0. The van der Waals surface area contributed by atoms with Crippen LogP contribution in [0.2, 0.25) is 0 Å². The van der Waals surface area contributed by atoms with E-state index in [1.165, 1.54) is 18.4 Å². The second-order valence-electron chi connectivity index (χ2n) is 3.95. The number of carbonyl (C=O) groups excluding carboxylic acids is 1. The molecule has 8 heteroatoms. The zero-order valence-corrected chi connectivity index (χ0v) is 12.8. The van der Waals surface area contributed by atoms with E-state index in [0.717, 1.165) is 6.42 Å². The van der Waals surface area contributed by atoms with E-state index < -0.39 is 22.1 Å². The number of ether oxygens (including phenoxy) is 1. The number of aliphatic carboxylic acids is 1. The van der Waals surface area contributed by atoms with Gasteiger partial charge in [0.05, 0.1) is 24.0 Å². The number of rotatable bonds is 6. The Balaban J connectivity index is 0.000000406. The molecule has 1 aromatic carbocycles. The Hall–Kier alpha value is -2.19. The molecule has 0 aromatic heterocycles. The van der Waals surface area contributed by atoms with Crippen LogP contribution in [0, 0.1) is 0 Å². The molecule has 0 unspecified atom stereocenters. The van der Waals surface area contributed by atoms with E-state index in [0.29, 0.717) is 0 Å². The Morgan fingerprint density at radius 3 is 2.18 bits per heavy atom. The van der Waals surface area contributed by atoms with E-state index in [2.05, 4.69) is 4.74 Å². The van der Waals surface area contributed by atoms with E-state index in [4.69, 9.17) is 9.66 Å². The van der Waals surface area contributed by atoms with Gasteiger partial charge in [-0.05, 0) is 24.6 Å². The molecule has 7 nitrogen and oxygen atoms in total. The minimum atomic E-state index is -4.00. The first kappa shape index (κ1) is 19.8. The molecule has 2 N–H and O–H groups in total. The molecule has 1 aromatic rings. The average molecular weight is 330 g/mol. The van der Waals surface area contributed by atoms with Gasteiger partial charge in [0, 0.05) is 0 Å². The standard InChI is InChI=1S/C8H12O4.C6H6O3S/c1-2-3-6-12-8(11)5-4-7(9)10;7-10(8,9)6-4-2-1-3-5-6/h3,6H,2,4-5H2,1H3,(H,9,10);1-5H,(H,7,8,9). The van der Waals surface area contributed by atoms with E-state index >= 15 is 0 Å². The molecule has 0 radical (unpaired) electrons. The predicted octanol–water partition coefficient (Wildman–Crippen LogP) is 2.25. The summed E-state index contributed by atoms with van der Waals surface area (Å²) in [5.74, 6) is -1.51. The summed E-state index contributed by atoms with van der Waals surface area (Å²) in [7, 11) is -4.00. The van der Waals surface area contributed by atoms with Gasteiger partial charge >= 0.3 is 11.9 Å². The molecule has 0 spiro atoms. The molecule has 0 saturated heterocycles. The smallest absolute Gasteiger partial charge is 0.311 e. The van der Waals surface area contributed by atoms with Crippen molar-refractivity contribution in [2.45, 2.75) is 31.1 Å². The zero-order chi connectivity index (χ0) is 17.0. The lowest BCUT2D eigenvalue weighted by atomic mass is 10.3. The fourth-order valence-corrected chi connectivity index (χ4v) is 1.58. The summed E-state index contributed by atoms with van der Waals surface area (Å²) in [6.07, 6.45) is 3.48. The quantitative estimate of drug-likeness (QED) is 0.466. The molecule has 0 heterocycles. The van der Waals surface area contributed by atoms with Crippen molar-refractivity contribution in [1.29, 1.82) is 0 Å². The van der Waals surface area contributed by atoms with E-state index in [1.807, 2.05) is 6.92 Å². The van der Waals surface area contributed by atoms with Crippen LogP contribution in [0.3, 0.4) is 0 Å². The molecule has 0 bridgehead atoms. The fraction of sp³-hybridized carbons (Fsp3) is 0.286. The molecule has 0 fully saturated rings. The minimum Gasteiger partial charge on any atom is -0.481 e. The molecular formula is C14H18O7S. The minimum absolute atomic E-state index is 0.0741. The second kappa shape index (κ2) is 10.5. The molecule has 122 valence electrons. The van der Waals surface area contributed by atoms with Crippen molar-refractivity contribution >= 4 is 22.1 Å². The van der Waals surface area contributed by atoms with Gasteiger partial charge in [0.15, 0.2) is 0 Å². The first-order valence-corrected chi connectivity index (χ1v) is 7.80. The van der Waals surface area contributed by atoms with Crippen LogP contribution in [0.25, 0.3) is 0 Å². The third kappa shape index (κ3) is 10.6. The molecule has 0 aliphatic rings. The van der Waals surface area contributed by atoms with Crippen LogP contribution in [0.4, 0.5) is 0 Å². The number of carboxylic acids is 1. The number of esters is 1. The monoisotopic (exact) mass is 330 g/mol. The Morgan fingerprint density at radius 1 is 1.18 bits per heavy atom. The third-order valence-corrected chi connectivity index (χ3v) is 2.98. The molecule has 1 rings (SSSR count). The van der Waals surface area contributed by atoms with Crippen molar-refractivity contribution < 1.29 is 32.4 Å². The van der Waals surface area contributed by atoms with Gasteiger partial charge in [0.2, 0.25) is 0 Å². The van der Waals surface area contributed by atoms with Gasteiger partial charge < -0.3 is 9.84 Å². The summed E-state index contributed by atoms with van der Waals surface area (Å²) < 4.78 is 33.8. The van der Waals surface area contributed by atoms with Crippen molar-refractivity contribution in [2.24, 2.45) is 0 Å².